The molecule has 3 aromatic rings. The zero-order valence-corrected chi connectivity index (χ0v) is 16.2. The maximum atomic E-state index is 12.4. The number of rotatable bonds is 6. The summed E-state index contributed by atoms with van der Waals surface area (Å²) in [4.78, 5) is 24.4. The minimum absolute atomic E-state index is 0.110. The molecule has 0 unspecified atom stereocenters. The molecule has 0 bridgehead atoms. The Bertz CT molecular complexity index is 971. The van der Waals surface area contributed by atoms with E-state index in [0.717, 1.165) is 22.6 Å². The van der Waals surface area contributed by atoms with Gasteiger partial charge in [0.15, 0.2) is 6.61 Å². The molecule has 0 atom stereocenters. The van der Waals surface area contributed by atoms with Crippen molar-refractivity contribution in [2.45, 2.75) is 20.8 Å². The molecule has 1 heterocycles. The molecule has 2 aromatic carbocycles. The van der Waals surface area contributed by atoms with Crippen molar-refractivity contribution >= 4 is 17.5 Å². The van der Waals surface area contributed by atoms with E-state index in [1.54, 1.807) is 28.9 Å². The lowest BCUT2D eigenvalue weighted by Crippen LogP contribution is -2.24. The fourth-order valence-corrected chi connectivity index (χ4v) is 2.78. The smallest absolute Gasteiger partial charge is 0.270 e. The lowest BCUT2D eigenvalue weighted by atomic mass is 10.2. The SMILES string of the molecule is Cc1cccc(NC(=O)COc2ccc(C(=O)Nn3c(C)ccc3C)cc2)c1. The normalized spacial score (nSPS) is 10.4. The van der Waals surface area contributed by atoms with Gasteiger partial charge >= 0.3 is 0 Å². The first-order valence-corrected chi connectivity index (χ1v) is 8.98. The molecule has 2 N–H and O–H groups in total. The van der Waals surface area contributed by atoms with Gasteiger partial charge in [0.05, 0.1) is 0 Å². The van der Waals surface area contributed by atoms with Crippen LogP contribution in [0, 0.1) is 20.8 Å². The van der Waals surface area contributed by atoms with Crippen molar-refractivity contribution in [3.8, 4) is 5.75 Å². The van der Waals surface area contributed by atoms with E-state index in [4.69, 9.17) is 4.74 Å². The topological polar surface area (TPSA) is 72.4 Å². The Hall–Kier alpha value is -3.54. The predicted molar refractivity (Wildman–Crippen MR) is 109 cm³/mol. The quantitative estimate of drug-likeness (QED) is 0.686. The maximum absolute atomic E-state index is 12.4. The largest absolute Gasteiger partial charge is 0.484 e. The molecule has 0 aliphatic carbocycles. The Morgan fingerprint density at radius 1 is 0.929 bits per heavy atom. The van der Waals surface area contributed by atoms with Crippen LogP contribution in [0.15, 0.2) is 60.7 Å². The molecule has 1 aromatic heterocycles. The first kappa shape index (κ1) is 19.2. The Kier molecular flexibility index (Phi) is 5.79. The highest BCUT2D eigenvalue weighted by Gasteiger charge is 2.09. The van der Waals surface area contributed by atoms with Crippen molar-refractivity contribution in [1.82, 2.24) is 4.68 Å². The summed E-state index contributed by atoms with van der Waals surface area (Å²) in [5, 5.41) is 2.79. The molecule has 0 saturated heterocycles. The molecular formula is C22H23N3O3. The highest BCUT2D eigenvalue weighted by molar-refractivity contribution is 6.00. The van der Waals surface area contributed by atoms with E-state index in [2.05, 4.69) is 10.7 Å². The standard InChI is InChI=1S/C22H23N3O3/c1-15-5-4-6-19(13-15)23-21(26)14-28-20-11-9-18(10-12-20)22(27)24-25-16(2)7-8-17(25)3/h4-13H,14H2,1-3H3,(H,23,26)(H,24,27). The summed E-state index contributed by atoms with van der Waals surface area (Å²) in [6, 6.07) is 18.1. The predicted octanol–water partition coefficient (Wildman–Crippen LogP) is 3.81. The van der Waals surface area contributed by atoms with Crippen molar-refractivity contribution in [1.29, 1.82) is 0 Å². The summed E-state index contributed by atoms with van der Waals surface area (Å²) in [6.45, 7) is 5.70. The van der Waals surface area contributed by atoms with Gasteiger partial charge in [-0.2, -0.15) is 0 Å². The summed E-state index contributed by atoms with van der Waals surface area (Å²) in [5.41, 5.74) is 7.05. The molecule has 3 rings (SSSR count). The van der Waals surface area contributed by atoms with E-state index in [-0.39, 0.29) is 18.4 Å². The van der Waals surface area contributed by atoms with Crippen molar-refractivity contribution < 1.29 is 14.3 Å². The van der Waals surface area contributed by atoms with Gasteiger partial charge in [-0.25, -0.2) is 0 Å². The van der Waals surface area contributed by atoms with Crippen LogP contribution in [-0.2, 0) is 4.79 Å². The highest BCUT2D eigenvalue weighted by Crippen LogP contribution is 2.14. The Balaban J connectivity index is 1.54. The summed E-state index contributed by atoms with van der Waals surface area (Å²) in [6.07, 6.45) is 0. The monoisotopic (exact) mass is 377 g/mol. The number of aromatic nitrogens is 1. The first-order chi connectivity index (χ1) is 13.4. The number of benzene rings is 2. The van der Waals surface area contributed by atoms with Gasteiger partial charge in [0.1, 0.15) is 5.75 Å². The molecule has 28 heavy (non-hydrogen) atoms. The van der Waals surface area contributed by atoms with Gasteiger partial charge in [0, 0.05) is 22.6 Å². The number of carbonyl (C=O) groups excluding carboxylic acids is 2. The van der Waals surface area contributed by atoms with Crippen LogP contribution in [0.25, 0.3) is 0 Å². The number of nitrogens with zero attached hydrogens (tertiary/aromatic N) is 1. The highest BCUT2D eigenvalue weighted by atomic mass is 16.5. The molecule has 6 nitrogen and oxygen atoms in total. The summed E-state index contributed by atoms with van der Waals surface area (Å²) in [7, 11) is 0. The van der Waals surface area contributed by atoms with E-state index in [9.17, 15) is 9.59 Å². The van der Waals surface area contributed by atoms with Gasteiger partial charge in [-0.15, -0.1) is 0 Å². The fraction of sp³-hybridized carbons (Fsp3) is 0.182. The van der Waals surface area contributed by atoms with E-state index in [1.807, 2.05) is 57.2 Å². The molecule has 0 saturated carbocycles. The molecule has 0 aliphatic heterocycles. The third kappa shape index (κ3) is 4.79. The number of aryl methyl sites for hydroxylation is 3. The number of nitrogens with one attached hydrogen (secondary N) is 2. The molecule has 144 valence electrons. The van der Waals surface area contributed by atoms with Crippen LogP contribution in [0.4, 0.5) is 5.69 Å². The Morgan fingerprint density at radius 2 is 1.61 bits per heavy atom. The summed E-state index contributed by atoms with van der Waals surface area (Å²) >= 11 is 0. The third-order valence-electron chi connectivity index (χ3n) is 4.27. The van der Waals surface area contributed by atoms with Crippen LogP contribution in [0.2, 0.25) is 0 Å². The average molecular weight is 377 g/mol. The van der Waals surface area contributed by atoms with Crippen LogP contribution in [0.5, 0.6) is 5.75 Å². The molecule has 0 radical (unpaired) electrons. The molecule has 6 heteroatoms. The fourth-order valence-electron chi connectivity index (χ4n) is 2.78. The number of hydrogen-bond acceptors (Lipinski definition) is 3. The Morgan fingerprint density at radius 3 is 2.25 bits per heavy atom. The van der Waals surface area contributed by atoms with Crippen molar-refractivity contribution in [2.24, 2.45) is 0 Å². The first-order valence-electron chi connectivity index (χ1n) is 8.98. The minimum atomic E-state index is -0.244. The van der Waals surface area contributed by atoms with Crippen LogP contribution < -0.4 is 15.5 Å². The van der Waals surface area contributed by atoms with Gasteiger partial charge in [-0.1, -0.05) is 12.1 Å². The summed E-state index contributed by atoms with van der Waals surface area (Å²) in [5.74, 6) is 0.0568. The molecule has 0 aliphatic rings. The van der Waals surface area contributed by atoms with E-state index in [0.29, 0.717) is 11.3 Å². The average Bonchev–Trinajstić information content (AvgIpc) is 2.99. The third-order valence-corrected chi connectivity index (χ3v) is 4.27. The second-order valence-electron chi connectivity index (χ2n) is 6.62. The number of carbonyl (C=O) groups is 2. The van der Waals surface area contributed by atoms with Gasteiger partial charge in [0.2, 0.25) is 0 Å². The zero-order valence-electron chi connectivity index (χ0n) is 16.2. The lowest BCUT2D eigenvalue weighted by Gasteiger charge is -2.12. The number of anilines is 1. The lowest BCUT2D eigenvalue weighted by molar-refractivity contribution is -0.118. The van der Waals surface area contributed by atoms with Crippen LogP contribution in [0.1, 0.15) is 27.3 Å². The van der Waals surface area contributed by atoms with Gasteiger partial charge in [0.25, 0.3) is 11.8 Å². The van der Waals surface area contributed by atoms with Crippen molar-refractivity contribution in [2.75, 3.05) is 17.3 Å². The van der Waals surface area contributed by atoms with Crippen molar-refractivity contribution in [3.05, 3.63) is 83.2 Å². The second kappa shape index (κ2) is 8.43. The maximum Gasteiger partial charge on any atom is 0.270 e. The number of hydrogen-bond donors (Lipinski definition) is 2. The molecule has 2 amide bonds. The zero-order chi connectivity index (χ0) is 20.1. The number of amides is 2. The molecular weight excluding hydrogens is 354 g/mol. The minimum Gasteiger partial charge on any atom is -0.484 e. The number of ether oxygens (including phenoxy) is 1. The van der Waals surface area contributed by atoms with Gasteiger partial charge in [-0.3, -0.25) is 19.7 Å². The second-order valence-corrected chi connectivity index (χ2v) is 6.62. The van der Waals surface area contributed by atoms with E-state index in [1.165, 1.54) is 0 Å². The molecule has 0 spiro atoms. The van der Waals surface area contributed by atoms with E-state index < -0.39 is 0 Å². The molecule has 0 fully saturated rings. The van der Waals surface area contributed by atoms with Gasteiger partial charge < -0.3 is 10.1 Å². The van der Waals surface area contributed by atoms with E-state index >= 15 is 0 Å². The Labute approximate surface area is 164 Å². The summed E-state index contributed by atoms with van der Waals surface area (Å²) < 4.78 is 7.24. The van der Waals surface area contributed by atoms with Crippen LogP contribution in [-0.4, -0.2) is 23.1 Å². The van der Waals surface area contributed by atoms with Gasteiger partial charge in [-0.05, 0) is 74.9 Å². The van der Waals surface area contributed by atoms with Crippen LogP contribution in [0.3, 0.4) is 0 Å². The van der Waals surface area contributed by atoms with Crippen LogP contribution >= 0.6 is 0 Å². The van der Waals surface area contributed by atoms with Crippen molar-refractivity contribution in [3.63, 3.8) is 0 Å².